The molecule has 0 aliphatic carbocycles. The number of rotatable bonds is 4. The number of fused-ring (bicyclic) bond motifs is 1. The van der Waals surface area contributed by atoms with E-state index in [1.807, 2.05) is 32.1 Å². The maximum Gasteiger partial charge on any atom is 0.200 e. The summed E-state index contributed by atoms with van der Waals surface area (Å²) in [4.78, 5) is 12.9. The third kappa shape index (κ3) is 3.77. The fraction of sp³-hybridized carbons (Fsp3) is 0.190. The molecule has 0 fully saturated rings. The summed E-state index contributed by atoms with van der Waals surface area (Å²) < 4.78 is 11.6. The van der Waals surface area contributed by atoms with Crippen LogP contribution in [0.25, 0.3) is 22.1 Å². The molecule has 1 aromatic heterocycles. The minimum absolute atomic E-state index is 0.0584. The number of aryl methyl sites for hydroxylation is 1. The SMILES string of the molecule is CC(C)=CCOc1ccc2c(=O)c(-c3ccc(Cl)cc3)c(C)oc2c1. The average molecular weight is 355 g/mol. The van der Waals surface area contributed by atoms with Crippen LogP contribution in [0.15, 0.2) is 63.3 Å². The van der Waals surface area contributed by atoms with Crippen LogP contribution in [0.3, 0.4) is 0 Å². The number of hydrogen-bond donors (Lipinski definition) is 0. The van der Waals surface area contributed by atoms with Crippen molar-refractivity contribution in [2.24, 2.45) is 0 Å². The standard InChI is InChI=1S/C21H19ClO3/c1-13(2)10-11-24-17-8-9-18-19(12-17)25-14(3)20(21(18)23)15-4-6-16(22)7-5-15/h4-10,12H,11H2,1-3H3. The molecule has 1 heterocycles. The molecule has 0 spiro atoms. The van der Waals surface area contributed by atoms with Gasteiger partial charge in [0.05, 0.1) is 10.9 Å². The van der Waals surface area contributed by atoms with Crippen LogP contribution in [0.1, 0.15) is 19.6 Å². The second kappa shape index (κ2) is 7.16. The van der Waals surface area contributed by atoms with E-state index < -0.39 is 0 Å². The molecule has 0 radical (unpaired) electrons. The molecule has 0 aliphatic heterocycles. The van der Waals surface area contributed by atoms with Crippen molar-refractivity contribution in [3.63, 3.8) is 0 Å². The molecule has 0 N–H and O–H groups in total. The second-order valence-electron chi connectivity index (χ2n) is 6.12. The highest BCUT2D eigenvalue weighted by molar-refractivity contribution is 6.30. The van der Waals surface area contributed by atoms with E-state index in [4.69, 9.17) is 20.8 Å². The van der Waals surface area contributed by atoms with Gasteiger partial charge in [-0.3, -0.25) is 4.79 Å². The third-order valence-corrected chi connectivity index (χ3v) is 4.17. The lowest BCUT2D eigenvalue weighted by atomic mass is 10.0. The van der Waals surface area contributed by atoms with Crippen molar-refractivity contribution < 1.29 is 9.15 Å². The van der Waals surface area contributed by atoms with E-state index in [2.05, 4.69) is 0 Å². The smallest absolute Gasteiger partial charge is 0.200 e. The van der Waals surface area contributed by atoms with Gasteiger partial charge in [0.25, 0.3) is 0 Å². The van der Waals surface area contributed by atoms with Crippen LogP contribution in [0.5, 0.6) is 5.75 Å². The van der Waals surface area contributed by atoms with Gasteiger partial charge in [-0.15, -0.1) is 0 Å². The monoisotopic (exact) mass is 354 g/mol. The van der Waals surface area contributed by atoms with Crippen molar-refractivity contribution >= 4 is 22.6 Å². The fourth-order valence-electron chi connectivity index (χ4n) is 2.63. The van der Waals surface area contributed by atoms with Crippen molar-refractivity contribution in [3.8, 4) is 16.9 Å². The highest BCUT2D eigenvalue weighted by Crippen LogP contribution is 2.27. The van der Waals surface area contributed by atoms with E-state index in [0.29, 0.717) is 39.7 Å². The van der Waals surface area contributed by atoms with E-state index in [0.717, 1.165) is 5.56 Å². The maximum atomic E-state index is 12.9. The highest BCUT2D eigenvalue weighted by Gasteiger charge is 2.14. The van der Waals surface area contributed by atoms with Crippen LogP contribution >= 0.6 is 11.6 Å². The topological polar surface area (TPSA) is 39.4 Å². The van der Waals surface area contributed by atoms with Crippen LogP contribution in [0.2, 0.25) is 5.02 Å². The van der Waals surface area contributed by atoms with E-state index >= 15 is 0 Å². The molecule has 3 rings (SSSR count). The lowest BCUT2D eigenvalue weighted by Crippen LogP contribution is -2.07. The molecule has 2 aromatic carbocycles. The van der Waals surface area contributed by atoms with Gasteiger partial charge in [-0.05, 0) is 56.7 Å². The van der Waals surface area contributed by atoms with Gasteiger partial charge < -0.3 is 9.15 Å². The Morgan fingerprint density at radius 2 is 1.88 bits per heavy atom. The fourth-order valence-corrected chi connectivity index (χ4v) is 2.76. The summed E-state index contributed by atoms with van der Waals surface area (Å²) in [5.41, 5.74) is 3.01. The first kappa shape index (κ1) is 17.3. The van der Waals surface area contributed by atoms with Gasteiger partial charge in [-0.1, -0.05) is 29.3 Å². The Balaban J connectivity index is 2.04. The summed E-state index contributed by atoms with van der Waals surface area (Å²) in [5.74, 6) is 1.24. The van der Waals surface area contributed by atoms with Crippen molar-refractivity contribution in [1.29, 1.82) is 0 Å². The van der Waals surface area contributed by atoms with Gasteiger partial charge in [0.1, 0.15) is 23.7 Å². The first-order valence-corrected chi connectivity index (χ1v) is 8.43. The summed E-state index contributed by atoms with van der Waals surface area (Å²) in [6.45, 7) is 6.32. The zero-order valence-electron chi connectivity index (χ0n) is 14.4. The summed E-state index contributed by atoms with van der Waals surface area (Å²) in [6.07, 6.45) is 2.00. The van der Waals surface area contributed by atoms with Gasteiger partial charge in [-0.2, -0.15) is 0 Å². The molecule has 4 heteroatoms. The van der Waals surface area contributed by atoms with Crippen molar-refractivity contribution in [2.45, 2.75) is 20.8 Å². The molecule has 0 unspecified atom stereocenters. The zero-order chi connectivity index (χ0) is 18.0. The molecular weight excluding hydrogens is 336 g/mol. The number of ether oxygens (including phenoxy) is 1. The average Bonchev–Trinajstić information content (AvgIpc) is 2.56. The Morgan fingerprint density at radius 3 is 2.56 bits per heavy atom. The Morgan fingerprint density at radius 1 is 1.16 bits per heavy atom. The van der Waals surface area contributed by atoms with Crippen LogP contribution in [-0.2, 0) is 0 Å². The molecule has 0 atom stereocenters. The van der Waals surface area contributed by atoms with Crippen molar-refractivity contribution in [1.82, 2.24) is 0 Å². The minimum Gasteiger partial charge on any atom is -0.489 e. The molecule has 128 valence electrons. The zero-order valence-corrected chi connectivity index (χ0v) is 15.2. The van der Waals surface area contributed by atoms with Gasteiger partial charge in [-0.25, -0.2) is 0 Å². The number of hydrogen-bond acceptors (Lipinski definition) is 3. The molecule has 0 saturated carbocycles. The van der Waals surface area contributed by atoms with Crippen molar-refractivity contribution in [2.75, 3.05) is 6.61 Å². The predicted molar refractivity (Wildman–Crippen MR) is 103 cm³/mol. The number of allylic oxidation sites excluding steroid dienone is 1. The van der Waals surface area contributed by atoms with Gasteiger partial charge in [0.15, 0.2) is 0 Å². The Bertz CT molecular complexity index is 994. The maximum absolute atomic E-state index is 12.9. The lowest BCUT2D eigenvalue weighted by molar-refractivity contribution is 0.361. The molecule has 0 aliphatic rings. The summed E-state index contributed by atoms with van der Waals surface area (Å²) in [5, 5.41) is 1.16. The molecule has 0 amide bonds. The predicted octanol–water partition coefficient (Wildman–Crippen LogP) is 5.77. The van der Waals surface area contributed by atoms with Crippen LogP contribution in [0.4, 0.5) is 0 Å². The lowest BCUT2D eigenvalue weighted by Gasteiger charge is -2.09. The first-order chi connectivity index (χ1) is 12.0. The second-order valence-corrected chi connectivity index (χ2v) is 6.56. The van der Waals surface area contributed by atoms with E-state index in [1.54, 1.807) is 37.3 Å². The third-order valence-electron chi connectivity index (χ3n) is 3.91. The summed E-state index contributed by atoms with van der Waals surface area (Å²) in [7, 11) is 0. The quantitative estimate of drug-likeness (QED) is 0.558. The van der Waals surface area contributed by atoms with Crippen molar-refractivity contribution in [3.05, 3.63) is 75.1 Å². The molecule has 3 aromatic rings. The molecule has 0 saturated heterocycles. The van der Waals surface area contributed by atoms with Crippen LogP contribution in [-0.4, -0.2) is 6.61 Å². The first-order valence-electron chi connectivity index (χ1n) is 8.05. The molecule has 25 heavy (non-hydrogen) atoms. The Kier molecular flexibility index (Phi) is 4.95. The van der Waals surface area contributed by atoms with Gasteiger partial charge in [0.2, 0.25) is 5.43 Å². The van der Waals surface area contributed by atoms with E-state index in [-0.39, 0.29) is 5.43 Å². The summed E-state index contributed by atoms with van der Waals surface area (Å²) in [6, 6.07) is 12.5. The number of benzene rings is 2. The van der Waals surface area contributed by atoms with E-state index in [1.165, 1.54) is 5.57 Å². The number of halogens is 1. The van der Waals surface area contributed by atoms with Gasteiger partial charge >= 0.3 is 0 Å². The molecular formula is C21H19ClO3. The Hall–Kier alpha value is -2.52. The van der Waals surface area contributed by atoms with Crippen LogP contribution < -0.4 is 10.2 Å². The highest BCUT2D eigenvalue weighted by atomic mass is 35.5. The molecule has 3 nitrogen and oxygen atoms in total. The molecule has 0 bridgehead atoms. The largest absolute Gasteiger partial charge is 0.489 e. The normalized spacial score (nSPS) is 10.7. The van der Waals surface area contributed by atoms with Crippen LogP contribution in [0, 0.1) is 6.92 Å². The van der Waals surface area contributed by atoms with E-state index in [9.17, 15) is 4.79 Å². The summed E-state index contributed by atoms with van der Waals surface area (Å²) >= 11 is 5.93. The minimum atomic E-state index is -0.0584. The van der Waals surface area contributed by atoms with Gasteiger partial charge in [0, 0.05) is 11.1 Å². The Labute approximate surface area is 151 Å².